The molecule has 1 aromatic rings. The van der Waals surface area contributed by atoms with Crippen molar-refractivity contribution in [3.63, 3.8) is 0 Å². The molecule has 0 aromatic heterocycles. The number of phenolic OH excluding ortho intramolecular Hbond substituents is 1. The zero-order valence-electron chi connectivity index (χ0n) is 16.5. The van der Waals surface area contributed by atoms with E-state index in [4.69, 9.17) is 4.74 Å². The minimum Gasteiger partial charge on any atom is -0.508 e. The van der Waals surface area contributed by atoms with Crippen molar-refractivity contribution >= 4 is 0 Å². The molecule has 0 unspecified atom stereocenters. The molecule has 27 heavy (non-hydrogen) atoms. The van der Waals surface area contributed by atoms with Gasteiger partial charge < -0.3 is 9.84 Å². The van der Waals surface area contributed by atoms with Gasteiger partial charge in [-0.2, -0.15) is 0 Å². The molecule has 3 atom stereocenters. The average molecular weight is 368 g/mol. The minimum atomic E-state index is 0.139. The molecule has 2 aliphatic heterocycles. The second-order valence-electron chi connectivity index (χ2n) is 10.3. The van der Waals surface area contributed by atoms with Gasteiger partial charge in [0.2, 0.25) is 0 Å². The van der Waals surface area contributed by atoms with E-state index in [9.17, 15) is 5.11 Å². The monoisotopic (exact) mass is 367 g/mol. The third-order valence-corrected chi connectivity index (χ3v) is 8.73. The highest BCUT2D eigenvalue weighted by Gasteiger charge is 2.59. The predicted molar refractivity (Wildman–Crippen MR) is 106 cm³/mol. The predicted octanol–water partition coefficient (Wildman–Crippen LogP) is 4.41. The van der Waals surface area contributed by atoms with Crippen LogP contribution >= 0.6 is 0 Å². The van der Waals surface area contributed by atoms with Crippen LogP contribution in [-0.2, 0) is 16.6 Å². The number of ether oxygens (including phenoxy) is 1. The number of piperidine rings is 1. The Morgan fingerprint density at radius 3 is 2.78 bits per heavy atom. The Kier molecular flexibility index (Phi) is 3.73. The Hall–Kier alpha value is -1.06. The first-order valence-electron chi connectivity index (χ1n) is 11.4. The van der Waals surface area contributed by atoms with Crippen molar-refractivity contribution in [2.24, 2.45) is 11.8 Å². The maximum atomic E-state index is 10.2. The van der Waals surface area contributed by atoms with Gasteiger partial charge in [-0.1, -0.05) is 25.3 Å². The quantitative estimate of drug-likeness (QED) is 0.840. The van der Waals surface area contributed by atoms with Crippen LogP contribution in [-0.4, -0.2) is 41.3 Å². The molecule has 3 heteroatoms. The summed E-state index contributed by atoms with van der Waals surface area (Å²) in [5, 5.41) is 10.2. The first-order chi connectivity index (χ1) is 13.2. The zero-order chi connectivity index (χ0) is 18.1. The summed E-state index contributed by atoms with van der Waals surface area (Å²) in [7, 11) is 0. The van der Waals surface area contributed by atoms with Crippen LogP contribution in [0.4, 0.5) is 0 Å². The van der Waals surface area contributed by atoms with E-state index in [-0.39, 0.29) is 11.0 Å². The molecule has 1 N–H and O–H groups in total. The van der Waals surface area contributed by atoms with Gasteiger partial charge in [-0.3, -0.25) is 4.90 Å². The van der Waals surface area contributed by atoms with E-state index in [2.05, 4.69) is 17.0 Å². The van der Waals surface area contributed by atoms with Crippen LogP contribution in [0.25, 0.3) is 0 Å². The van der Waals surface area contributed by atoms with Crippen molar-refractivity contribution in [3.05, 3.63) is 29.3 Å². The Labute approximate surface area is 163 Å². The number of hydrogen-bond donors (Lipinski definition) is 1. The molecule has 2 bridgehead atoms. The SMILES string of the molecule is Oc1ccc2c(c1)[C@]13CCN(CC4CC4)[C@H](C2)[C@@H]1CC1(CCCCC1)OC3. The van der Waals surface area contributed by atoms with Crippen LogP contribution in [0.2, 0.25) is 0 Å². The van der Waals surface area contributed by atoms with Gasteiger partial charge in [0.05, 0.1) is 12.2 Å². The van der Waals surface area contributed by atoms with Crippen LogP contribution in [0.15, 0.2) is 18.2 Å². The molecule has 146 valence electrons. The average Bonchev–Trinajstić information content (AvgIpc) is 3.49. The highest BCUT2D eigenvalue weighted by Crippen LogP contribution is 2.57. The third kappa shape index (κ3) is 2.61. The number of phenols is 1. The fourth-order valence-electron chi connectivity index (χ4n) is 7.09. The maximum absolute atomic E-state index is 10.2. The highest BCUT2D eigenvalue weighted by molar-refractivity contribution is 5.45. The standard InChI is InChI=1S/C24H33NO2/c26-19-7-6-18-12-22-21-14-23(8-2-1-3-9-23)27-16-24(21,20(18)13-19)10-11-25(22)15-17-4-5-17/h6-7,13,17,21-22,26H,1-5,8-12,14-16H2/t21-,22+,24+/m0/s1. The van der Waals surface area contributed by atoms with E-state index in [0.717, 1.165) is 12.5 Å². The molecular weight excluding hydrogens is 334 g/mol. The minimum absolute atomic E-state index is 0.139. The summed E-state index contributed by atoms with van der Waals surface area (Å²) in [5.74, 6) is 2.09. The Bertz CT molecular complexity index is 736. The van der Waals surface area contributed by atoms with Crippen LogP contribution in [0.1, 0.15) is 68.9 Å². The maximum Gasteiger partial charge on any atom is 0.115 e. The van der Waals surface area contributed by atoms with E-state index in [0.29, 0.717) is 17.7 Å². The number of benzene rings is 1. The largest absolute Gasteiger partial charge is 0.508 e. The lowest BCUT2D eigenvalue weighted by Gasteiger charge is -2.62. The number of likely N-dealkylation sites (tertiary alicyclic amines) is 1. The first-order valence-corrected chi connectivity index (χ1v) is 11.4. The molecule has 0 radical (unpaired) electrons. The van der Waals surface area contributed by atoms with Crippen molar-refractivity contribution in [2.45, 2.75) is 81.3 Å². The first kappa shape index (κ1) is 16.9. The van der Waals surface area contributed by atoms with Crippen LogP contribution in [0.3, 0.4) is 0 Å². The molecule has 3 nitrogen and oxygen atoms in total. The van der Waals surface area contributed by atoms with E-state index < -0.39 is 0 Å². The molecule has 2 saturated carbocycles. The molecule has 0 amide bonds. The Morgan fingerprint density at radius 2 is 1.96 bits per heavy atom. The van der Waals surface area contributed by atoms with E-state index in [1.807, 2.05) is 6.07 Å². The lowest BCUT2D eigenvalue weighted by Crippen LogP contribution is -2.66. The lowest BCUT2D eigenvalue weighted by molar-refractivity contribution is -0.183. The second-order valence-corrected chi connectivity index (χ2v) is 10.3. The van der Waals surface area contributed by atoms with Crippen molar-refractivity contribution < 1.29 is 9.84 Å². The van der Waals surface area contributed by atoms with Crippen LogP contribution in [0, 0.1) is 11.8 Å². The van der Waals surface area contributed by atoms with E-state index in [1.165, 1.54) is 88.4 Å². The van der Waals surface area contributed by atoms with Crippen LogP contribution in [0.5, 0.6) is 5.75 Å². The summed E-state index contributed by atoms with van der Waals surface area (Å²) in [6.45, 7) is 3.41. The fraction of sp³-hybridized carbons (Fsp3) is 0.750. The fourth-order valence-corrected chi connectivity index (χ4v) is 7.09. The zero-order valence-corrected chi connectivity index (χ0v) is 16.5. The van der Waals surface area contributed by atoms with Gasteiger partial charge in [-0.15, -0.1) is 0 Å². The topological polar surface area (TPSA) is 32.7 Å². The molecule has 3 aliphatic carbocycles. The van der Waals surface area contributed by atoms with Crippen LogP contribution < -0.4 is 0 Å². The number of aromatic hydroxyl groups is 1. The van der Waals surface area contributed by atoms with Gasteiger partial charge in [-0.05, 0) is 86.6 Å². The van der Waals surface area contributed by atoms with E-state index in [1.54, 1.807) is 0 Å². The van der Waals surface area contributed by atoms with Gasteiger partial charge >= 0.3 is 0 Å². The number of rotatable bonds is 2. The van der Waals surface area contributed by atoms with Gasteiger partial charge in [0.25, 0.3) is 0 Å². The smallest absolute Gasteiger partial charge is 0.115 e. The molecule has 6 rings (SSSR count). The summed E-state index contributed by atoms with van der Waals surface area (Å²) < 4.78 is 6.78. The molecule has 1 aromatic carbocycles. The number of hydrogen-bond acceptors (Lipinski definition) is 3. The van der Waals surface area contributed by atoms with Crippen molar-refractivity contribution in [1.82, 2.24) is 4.90 Å². The number of nitrogens with zero attached hydrogens (tertiary/aromatic N) is 1. The molecule has 1 spiro atoms. The summed E-state index contributed by atoms with van der Waals surface area (Å²) >= 11 is 0. The van der Waals surface area contributed by atoms with E-state index >= 15 is 0 Å². The van der Waals surface area contributed by atoms with Gasteiger partial charge in [0, 0.05) is 18.0 Å². The third-order valence-electron chi connectivity index (χ3n) is 8.73. The molecular formula is C24H33NO2. The molecule has 2 heterocycles. The molecule has 2 saturated heterocycles. The summed E-state index contributed by atoms with van der Waals surface area (Å²) in [4.78, 5) is 2.86. The van der Waals surface area contributed by atoms with Gasteiger partial charge in [-0.25, -0.2) is 0 Å². The Morgan fingerprint density at radius 1 is 1.11 bits per heavy atom. The Balaban J connectivity index is 1.41. The second kappa shape index (κ2) is 5.97. The van der Waals surface area contributed by atoms with Crippen molar-refractivity contribution in [2.75, 3.05) is 19.7 Å². The highest BCUT2D eigenvalue weighted by atomic mass is 16.5. The summed E-state index contributed by atoms with van der Waals surface area (Å²) in [6, 6.07) is 6.85. The molecule has 5 aliphatic rings. The summed E-state index contributed by atoms with van der Waals surface area (Å²) in [5.41, 5.74) is 3.18. The molecule has 4 fully saturated rings. The lowest BCUT2D eigenvalue weighted by atomic mass is 9.53. The summed E-state index contributed by atoms with van der Waals surface area (Å²) in [6.07, 6.45) is 13.1. The van der Waals surface area contributed by atoms with Gasteiger partial charge in [0.1, 0.15) is 5.75 Å². The normalized spacial score (nSPS) is 37.6. The van der Waals surface area contributed by atoms with Crippen molar-refractivity contribution in [1.29, 1.82) is 0 Å². The number of fused-ring (bicyclic) bond motifs is 1. The van der Waals surface area contributed by atoms with Gasteiger partial charge in [0.15, 0.2) is 0 Å². The van der Waals surface area contributed by atoms with Crippen molar-refractivity contribution in [3.8, 4) is 5.75 Å².